The van der Waals surface area contributed by atoms with Gasteiger partial charge in [-0.1, -0.05) is 13.3 Å². The summed E-state index contributed by atoms with van der Waals surface area (Å²) in [5.41, 5.74) is -0.813. The molecule has 0 saturated carbocycles. The van der Waals surface area contributed by atoms with Crippen LogP contribution in [0.3, 0.4) is 0 Å². The molecule has 1 aromatic rings. The summed E-state index contributed by atoms with van der Waals surface area (Å²) in [7, 11) is 0. The largest absolute Gasteiger partial charge is 0.481 e. The molecule has 1 unspecified atom stereocenters. The number of carbonyl (C=O) groups is 2. The molecule has 1 N–H and O–H groups in total. The molecule has 0 aliphatic carbocycles. The Morgan fingerprint density at radius 3 is 2.80 bits per heavy atom. The van der Waals surface area contributed by atoms with Gasteiger partial charge in [0.2, 0.25) is 0 Å². The summed E-state index contributed by atoms with van der Waals surface area (Å²) in [6.07, 6.45) is 2.72. The van der Waals surface area contributed by atoms with E-state index in [0.29, 0.717) is 30.5 Å². The first-order chi connectivity index (χ1) is 9.48. The van der Waals surface area contributed by atoms with Crippen molar-refractivity contribution in [1.29, 1.82) is 0 Å². The highest BCUT2D eigenvalue weighted by molar-refractivity contribution is 9.10. The number of hydrogen-bond donors (Lipinski definition) is 1. The Hall–Kier alpha value is -1.30. The SMILES string of the molecule is CCCC1(C(=O)O)CCCN(C(=O)c2ccc(Br)o2)C1. The van der Waals surface area contributed by atoms with Crippen molar-refractivity contribution in [2.75, 3.05) is 13.1 Å². The Morgan fingerprint density at radius 2 is 2.25 bits per heavy atom. The van der Waals surface area contributed by atoms with Gasteiger partial charge in [0.1, 0.15) is 0 Å². The number of carboxylic acids is 1. The Labute approximate surface area is 126 Å². The number of hydrogen-bond acceptors (Lipinski definition) is 3. The summed E-state index contributed by atoms with van der Waals surface area (Å²) in [5.74, 6) is -0.802. The van der Waals surface area contributed by atoms with Gasteiger partial charge < -0.3 is 14.4 Å². The molecule has 1 aliphatic heterocycles. The Balaban J connectivity index is 2.17. The molecule has 0 aromatic carbocycles. The molecule has 0 spiro atoms. The standard InChI is InChI=1S/C14H18BrNO4/c1-2-6-14(13(18)19)7-3-8-16(9-14)12(17)10-4-5-11(15)20-10/h4-5H,2-3,6-9H2,1H3,(H,18,19). The first kappa shape index (κ1) is 15.1. The van der Waals surface area contributed by atoms with Crippen LogP contribution in [0.5, 0.6) is 0 Å². The van der Waals surface area contributed by atoms with E-state index in [4.69, 9.17) is 4.42 Å². The van der Waals surface area contributed by atoms with Gasteiger partial charge in [0.15, 0.2) is 10.4 Å². The molecule has 1 atom stereocenters. The fourth-order valence-electron chi connectivity index (χ4n) is 2.85. The zero-order valence-corrected chi connectivity index (χ0v) is 13.0. The van der Waals surface area contributed by atoms with E-state index < -0.39 is 11.4 Å². The second-order valence-corrected chi connectivity index (χ2v) is 6.05. The van der Waals surface area contributed by atoms with Gasteiger partial charge in [-0.15, -0.1) is 0 Å². The molecular formula is C14H18BrNO4. The minimum atomic E-state index is -0.813. The lowest BCUT2D eigenvalue weighted by atomic mass is 9.76. The second-order valence-electron chi connectivity index (χ2n) is 5.27. The predicted molar refractivity (Wildman–Crippen MR) is 76.5 cm³/mol. The number of rotatable bonds is 4. The van der Waals surface area contributed by atoms with Gasteiger partial charge in [0, 0.05) is 13.1 Å². The third-order valence-electron chi connectivity index (χ3n) is 3.83. The second kappa shape index (κ2) is 5.99. The number of aliphatic carboxylic acids is 1. The molecule has 0 radical (unpaired) electrons. The number of nitrogens with zero attached hydrogens (tertiary/aromatic N) is 1. The smallest absolute Gasteiger partial charge is 0.311 e. The van der Waals surface area contributed by atoms with Crippen molar-refractivity contribution in [1.82, 2.24) is 4.90 Å². The molecule has 110 valence electrons. The molecule has 20 heavy (non-hydrogen) atoms. The van der Waals surface area contributed by atoms with Crippen molar-refractivity contribution in [3.8, 4) is 0 Å². The summed E-state index contributed by atoms with van der Waals surface area (Å²) in [5, 5.41) is 9.53. The molecule has 1 aliphatic rings. The van der Waals surface area contributed by atoms with Gasteiger partial charge in [-0.2, -0.15) is 0 Å². The van der Waals surface area contributed by atoms with E-state index in [2.05, 4.69) is 15.9 Å². The highest BCUT2D eigenvalue weighted by atomic mass is 79.9. The Bertz CT molecular complexity index is 509. The summed E-state index contributed by atoms with van der Waals surface area (Å²) in [6.45, 7) is 2.80. The van der Waals surface area contributed by atoms with E-state index in [1.54, 1.807) is 17.0 Å². The molecule has 1 aromatic heterocycles. The quantitative estimate of drug-likeness (QED) is 0.911. The molecule has 1 amide bonds. The van der Waals surface area contributed by atoms with Crippen molar-refractivity contribution < 1.29 is 19.1 Å². The number of halogens is 1. The third kappa shape index (κ3) is 2.90. The van der Waals surface area contributed by atoms with Crippen molar-refractivity contribution >= 4 is 27.8 Å². The van der Waals surface area contributed by atoms with E-state index in [9.17, 15) is 14.7 Å². The number of amides is 1. The molecule has 2 rings (SSSR count). The lowest BCUT2D eigenvalue weighted by Gasteiger charge is -2.39. The number of furan rings is 1. The average molecular weight is 344 g/mol. The first-order valence-corrected chi connectivity index (χ1v) is 7.56. The molecule has 0 bridgehead atoms. The van der Waals surface area contributed by atoms with Crippen LogP contribution >= 0.6 is 15.9 Å². The average Bonchev–Trinajstić information content (AvgIpc) is 2.85. The lowest BCUT2D eigenvalue weighted by Crippen LogP contribution is -2.49. The van der Waals surface area contributed by atoms with Crippen LogP contribution in [0.15, 0.2) is 21.2 Å². The fraction of sp³-hybridized carbons (Fsp3) is 0.571. The first-order valence-electron chi connectivity index (χ1n) is 6.76. The maximum atomic E-state index is 12.3. The van der Waals surface area contributed by atoms with E-state index in [-0.39, 0.29) is 18.2 Å². The van der Waals surface area contributed by atoms with Crippen molar-refractivity contribution in [2.24, 2.45) is 5.41 Å². The van der Waals surface area contributed by atoms with Gasteiger partial charge in [-0.05, 0) is 47.3 Å². The highest BCUT2D eigenvalue weighted by Crippen LogP contribution is 2.35. The Kier molecular flexibility index (Phi) is 4.52. The molecule has 6 heteroatoms. The van der Waals surface area contributed by atoms with Gasteiger partial charge in [0.25, 0.3) is 5.91 Å². The van der Waals surface area contributed by atoms with Gasteiger partial charge in [-0.3, -0.25) is 9.59 Å². The van der Waals surface area contributed by atoms with Crippen LogP contribution in [-0.4, -0.2) is 35.0 Å². The van der Waals surface area contributed by atoms with Crippen LogP contribution < -0.4 is 0 Å². The fourth-order valence-corrected chi connectivity index (χ4v) is 3.16. The summed E-state index contributed by atoms with van der Waals surface area (Å²) >= 11 is 3.16. The monoisotopic (exact) mass is 343 g/mol. The zero-order valence-electron chi connectivity index (χ0n) is 11.4. The summed E-state index contributed by atoms with van der Waals surface area (Å²) in [4.78, 5) is 25.5. The van der Waals surface area contributed by atoms with E-state index in [1.807, 2.05) is 6.92 Å². The van der Waals surface area contributed by atoms with Crippen LogP contribution in [0, 0.1) is 5.41 Å². The molecule has 2 heterocycles. The van der Waals surface area contributed by atoms with Crippen molar-refractivity contribution in [3.05, 3.63) is 22.6 Å². The molecular weight excluding hydrogens is 326 g/mol. The zero-order chi connectivity index (χ0) is 14.8. The van der Waals surface area contributed by atoms with Gasteiger partial charge in [0.05, 0.1) is 5.41 Å². The van der Waals surface area contributed by atoms with E-state index in [0.717, 1.165) is 6.42 Å². The summed E-state index contributed by atoms with van der Waals surface area (Å²) in [6, 6.07) is 3.26. The number of carbonyl (C=O) groups excluding carboxylic acids is 1. The normalized spacial score (nSPS) is 22.8. The third-order valence-corrected chi connectivity index (χ3v) is 4.26. The van der Waals surface area contributed by atoms with Gasteiger partial charge >= 0.3 is 5.97 Å². The van der Waals surface area contributed by atoms with Crippen LogP contribution in [0.25, 0.3) is 0 Å². The van der Waals surface area contributed by atoms with Crippen molar-refractivity contribution in [3.63, 3.8) is 0 Å². The highest BCUT2D eigenvalue weighted by Gasteiger charge is 2.43. The predicted octanol–water partition coefficient (Wildman–Crippen LogP) is 3.15. The summed E-state index contributed by atoms with van der Waals surface area (Å²) < 4.78 is 5.76. The topological polar surface area (TPSA) is 70.8 Å². The van der Waals surface area contributed by atoms with E-state index in [1.165, 1.54) is 0 Å². The molecule has 1 saturated heterocycles. The minimum Gasteiger partial charge on any atom is -0.481 e. The number of carboxylic acid groups (broad SMARTS) is 1. The van der Waals surface area contributed by atoms with Gasteiger partial charge in [-0.25, -0.2) is 0 Å². The lowest BCUT2D eigenvalue weighted by molar-refractivity contribution is -0.152. The maximum Gasteiger partial charge on any atom is 0.311 e. The van der Waals surface area contributed by atoms with Crippen LogP contribution in [0.4, 0.5) is 0 Å². The maximum absolute atomic E-state index is 12.3. The van der Waals surface area contributed by atoms with E-state index >= 15 is 0 Å². The number of likely N-dealkylation sites (tertiary alicyclic amines) is 1. The van der Waals surface area contributed by atoms with Crippen LogP contribution in [-0.2, 0) is 4.79 Å². The molecule has 1 fully saturated rings. The number of piperidine rings is 1. The minimum absolute atomic E-state index is 0.239. The van der Waals surface area contributed by atoms with Crippen molar-refractivity contribution in [2.45, 2.75) is 32.6 Å². The van der Waals surface area contributed by atoms with Crippen LogP contribution in [0.1, 0.15) is 43.2 Å². The molecule has 5 nitrogen and oxygen atoms in total. The van der Waals surface area contributed by atoms with Crippen LogP contribution in [0.2, 0.25) is 0 Å². The Morgan fingerprint density at radius 1 is 1.50 bits per heavy atom.